The molecule has 0 unspecified atom stereocenters. The third-order valence-electron chi connectivity index (χ3n) is 6.44. The van der Waals surface area contributed by atoms with Gasteiger partial charge in [0.15, 0.2) is 5.75 Å². The van der Waals surface area contributed by atoms with Crippen LogP contribution in [-0.2, 0) is 10.0 Å². The number of amides is 1. The van der Waals surface area contributed by atoms with Gasteiger partial charge < -0.3 is 19.9 Å². The van der Waals surface area contributed by atoms with Crippen molar-refractivity contribution in [2.24, 2.45) is 0 Å². The van der Waals surface area contributed by atoms with Crippen LogP contribution in [-0.4, -0.2) is 69.8 Å². The number of carbonyl (C=O) groups is 1. The third-order valence-corrected chi connectivity index (χ3v) is 8.37. The molecule has 0 aromatic heterocycles. The van der Waals surface area contributed by atoms with Gasteiger partial charge in [-0.1, -0.05) is 18.6 Å². The molecule has 9 heteroatoms. The zero-order chi connectivity index (χ0) is 22.3. The Labute approximate surface area is 188 Å². The normalized spacial score (nSPS) is 20.0. The van der Waals surface area contributed by atoms with Crippen molar-refractivity contribution in [1.82, 2.24) is 9.21 Å². The van der Waals surface area contributed by atoms with E-state index in [-0.39, 0.29) is 16.4 Å². The smallest absolute Gasteiger partial charge is 0.259 e. The van der Waals surface area contributed by atoms with Crippen molar-refractivity contribution >= 4 is 27.3 Å². The number of likely N-dealkylation sites (N-methyl/N-ethyl adjacent to an activating group) is 1. The molecule has 3 heterocycles. The van der Waals surface area contributed by atoms with Crippen molar-refractivity contribution < 1.29 is 17.9 Å². The molecule has 0 atom stereocenters. The van der Waals surface area contributed by atoms with Crippen LogP contribution in [0, 0.1) is 0 Å². The largest absolute Gasteiger partial charge is 0.454 e. The lowest BCUT2D eigenvalue weighted by atomic mass is 10.1. The van der Waals surface area contributed by atoms with E-state index in [2.05, 4.69) is 22.2 Å². The summed E-state index contributed by atoms with van der Waals surface area (Å²) in [5.41, 5.74) is 1.40. The number of fused-ring (bicyclic) bond motifs is 2. The van der Waals surface area contributed by atoms with Crippen LogP contribution in [0.25, 0.3) is 0 Å². The number of nitrogens with one attached hydrogen (secondary N) is 1. The molecule has 32 heavy (non-hydrogen) atoms. The first-order valence-electron chi connectivity index (χ1n) is 11.1. The number of anilines is 2. The van der Waals surface area contributed by atoms with Crippen LogP contribution in [0.15, 0.2) is 41.3 Å². The number of nitrogens with zero attached hydrogens (tertiary/aromatic N) is 3. The number of hydrogen-bond acceptors (Lipinski definition) is 6. The van der Waals surface area contributed by atoms with E-state index in [9.17, 15) is 13.2 Å². The Kier molecular flexibility index (Phi) is 5.56. The predicted molar refractivity (Wildman–Crippen MR) is 123 cm³/mol. The van der Waals surface area contributed by atoms with Crippen molar-refractivity contribution in [3.8, 4) is 11.5 Å². The van der Waals surface area contributed by atoms with Crippen molar-refractivity contribution in [2.45, 2.75) is 24.2 Å². The maximum atomic E-state index is 13.7. The number of piperidine rings is 1. The number of benzene rings is 2. The maximum Gasteiger partial charge on any atom is 0.259 e. The van der Waals surface area contributed by atoms with E-state index >= 15 is 0 Å². The molecule has 2 fully saturated rings. The highest BCUT2D eigenvalue weighted by atomic mass is 32.2. The summed E-state index contributed by atoms with van der Waals surface area (Å²) >= 11 is 0. The minimum atomic E-state index is -3.75. The predicted octanol–water partition coefficient (Wildman–Crippen LogP) is 2.97. The molecule has 0 spiro atoms. The molecule has 0 bridgehead atoms. The Morgan fingerprint density at radius 2 is 1.62 bits per heavy atom. The van der Waals surface area contributed by atoms with Gasteiger partial charge in [0.25, 0.3) is 5.91 Å². The Hall–Kier alpha value is -2.62. The van der Waals surface area contributed by atoms with E-state index in [4.69, 9.17) is 4.74 Å². The standard InChI is InChI=1S/C23H28N4O4S/c1-25-11-13-26(14-12-25)19-16-21-17(23(28)24-18-7-3-4-8-20(18)31-21)15-22(19)32(29,30)27-9-5-2-6-10-27/h3-4,7-8,15-16H,2,5-6,9-14H2,1H3,(H,24,28). The number of piperazine rings is 1. The van der Waals surface area contributed by atoms with Gasteiger partial charge in [-0.3, -0.25) is 4.79 Å². The van der Waals surface area contributed by atoms with Gasteiger partial charge in [-0.2, -0.15) is 4.31 Å². The molecule has 3 aliphatic heterocycles. The SMILES string of the molecule is CN1CCN(c2cc3c(cc2S(=O)(=O)N2CCCCC2)C(=O)Nc2ccccc2O3)CC1. The van der Waals surface area contributed by atoms with Crippen LogP contribution < -0.4 is 15.0 Å². The van der Waals surface area contributed by atoms with E-state index in [0.717, 1.165) is 32.4 Å². The molecule has 1 N–H and O–H groups in total. The topological polar surface area (TPSA) is 82.2 Å². The van der Waals surface area contributed by atoms with Gasteiger partial charge in [0.1, 0.15) is 10.6 Å². The van der Waals surface area contributed by atoms with Crippen molar-refractivity contribution in [2.75, 3.05) is 56.5 Å². The maximum absolute atomic E-state index is 13.7. The van der Waals surface area contributed by atoms with Gasteiger partial charge in [-0.25, -0.2) is 8.42 Å². The highest BCUT2D eigenvalue weighted by Gasteiger charge is 2.34. The molecule has 2 aromatic rings. The molecule has 0 aliphatic carbocycles. The lowest BCUT2D eigenvalue weighted by Crippen LogP contribution is -2.45. The lowest BCUT2D eigenvalue weighted by Gasteiger charge is -2.36. The highest BCUT2D eigenvalue weighted by Crippen LogP contribution is 2.41. The van der Waals surface area contributed by atoms with Gasteiger partial charge in [0, 0.05) is 45.3 Å². The molecule has 2 aromatic carbocycles. The molecule has 5 rings (SSSR count). The fraction of sp³-hybridized carbons (Fsp3) is 0.435. The van der Waals surface area contributed by atoms with Gasteiger partial charge in [-0.05, 0) is 38.1 Å². The number of sulfonamides is 1. The van der Waals surface area contributed by atoms with Crippen LogP contribution in [0.2, 0.25) is 0 Å². The zero-order valence-corrected chi connectivity index (χ0v) is 19.0. The summed E-state index contributed by atoms with van der Waals surface area (Å²) in [4.78, 5) is 17.5. The fourth-order valence-electron chi connectivity index (χ4n) is 4.52. The van der Waals surface area contributed by atoms with Crippen molar-refractivity contribution in [3.63, 3.8) is 0 Å². The Morgan fingerprint density at radius 1 is 0.906 bits per heavy atom. The summed E-state index contributed by atoms with van der Waals surface area (Å²) in [5, 5.41) is 2.85. The molecule has 8 nitrogen and oxygen atoms in total. The Bertz CT molecular complexity index is 1140. The summed E-state index contributed by atoms with van der Waals surface area (Å²) < 4.78 is 35.1. The van der Waals surface area contributed by atoms with Crippen LogP contribution >= 0.6 is 0 Å². The van der Waals surface area contributed by atoms with E-state index in [0.29, 0.717) is 49.1 Å². The minimum Gasteiger partial charge on any atom is -0.454 e. The van der Waals surface area contributed by atoms with E-state index in [1.807, 2.05) is 12.1 Å². The Balaban J connectivity index is 1.64. The van der Waals surface area contributed by atoms with Crippen LogP contribution in [0.4, 0.5) is 11.4 Å². The zero-order valence-electron chi connectivity index (χ0n) is 18.2. The van der Waals surface area contributed by atoms with E-state index < -0.39 is 10.0 Å². The lowest BCUT2D eigenvalue weighted by molar-refractivity contribution is 0.102. The second kappa shape index (κ2) is 8.38. The summed E-state index contributed by atoms with van der Waals surface area (Å²) in [7, 11) is -1.69. The quantitative estimate of drug-likeness (QED) is 0.765. The summed E-state index contributed by atoms with van der Waals surface area (Å²) in [6.45, 7) is 4.11. The molecule has 3 aliphatic rings. The first-order chi connectivity index (χ1) is 15.4. The number of ether oxygens (including phenoxy) is 1. The van der Waals surface area contributed by atoms with Crippen molar-refractivity contribution in [3.05, 3.63) is 42.0 Å². The molecular weight excluding hydrogens is 428 g/mol. The number of para-hydroxylation sites is 2. The summed E-state index contributed by atoms with van der Waals surface area (Å²) in [6, 6.07) is 10.5. The van der Waals surface area contributed by atoms with Crippen LogP contribution in [0.3, 0.4) is 0 Å². The summed E-state index contributed by atoms with van der Waals surface area (Å²) in [5.74, 6) is 0.541. The second-order valence-electron chi connectivity index (χ2n) is 8.62. The van der Waals surface area contributed by atoms with Crippen LogP contribution in [0.5, 0.6) is 11.5 Å². The van der Waals surface area contributed by atoms with Gasteiger partial charge in [-0.15, -0.1) is 0 Å². The van der Waals surface area contributed by atoms with Gasteiger partial charge >= 0.3 is 0 Å². The molecule has 0 radical (unpaired) electrons. The van der Waals surface area contributed by atoms with Crippen LogP contribution in [0.1, 0.15) is 29.6 Å². The van der Waals surface area contributed by atoms with E-state index in [1.54, 1.807) is 22.5 Å². The average Bonchev–Trinajstić information content (AvgIpc) is 2.94. The molecular formula is C23H28N4O4S. The minimum absolute atomic E-state index is 0.187. The number of carbonyl (C=O) groups excluding carboxylic acids is 1. The molecule has 170 valence electrons. The monoisotopic (exact) mass is 456 g/mol. The molecule has 2 saturated heterocycles. The number of hydrogen-bond donors (Lipinski definition) is 1. The first-order valence-corrected chi connectivity index (χ1v) is 12.6. The van der Waals surface area contributed by atoms with Crippen molar-refractivity contribution in [1.29, 1.82) is 0 Å². The fourth-order valence-corrected chi connectivity index (χ4v) is 6.26. The third kappa shape index (κ3) is 3.85. The summed E-state index contributed by atoms with van der Waals surface area (Å²) in [6.07, 6.45) is 2.75. The molecule has 1 amide bonds. The van der Waals surface area contributed by atoms with E-state index in [1.165, 1.54) is 6.07 Å². The van der Waals surface area contributed by atoms with Gasteiger partial charge in [0.05, 0.1) is 16.9 Å². The highest BCUT2D eigenvalue weighted by molar-refractivity contribution is 7.89. The van der Waals surface area contributed by atoms with Gasteiger partial charge in [0.2, 0.25) is 10.0 Å². The average molecular weight is 457 g/mol. The second-order valence-corrected chi connectivity index (χ2v) is 10.5. The first kappa shape index (κ1) is 21.2. The number of rotatable bonds is 3. The Morgan fingerprint density at radius 3 is 2.38 bits per heavy atom. The molecule has 0 saturated carbocycles.